The molecule has 0 bridgehead atoms. The summed E-state index contributed by atoms with van der Waals surface area (Å²) in [5, 5.41) is 29.3. The Morgan fingerprint density at radius 2 is 2.00 bits per heavy atom. The molecule has 222 valence electrons. The van der Waals surface area contributed by atoms with Gasteiger partial charge in [0, 0.05) is 0 Å². The van der Waals surface area contributed by atoms with Crippen molar-refractivity contribution >= 4 is 25.1 Å². The monoisotopic (exact) mass is 593 g/mol. The van der Waals surface area contributed by atoms with Crippen LogP contribution in [-0.2, 0) is 23.4 Å². The predicted octanol–water partition coefficient (Wildman–Crippen LogP) is 2.34. The van der Waals surface area contributed by atoms with E-state index in [-0.39, 0.29) is 29.3 Å². The first-order valence-electron chi connectivity index (χ1n) is 12.9. The number of fused-ring (bicyclic) bond motifs is 2. The van der Waals surface area contributed by atoms with Gasteiger partial charge in [0.1, 0.15) is 48.6 Å². The third-order valence-corrected chi connectivity index (χ3v) is 8.70. The van der Waals surface area contributed by atoms with Crippen molar-refractivity contribution in [1.29, 1.82) is 0 Å². The first kappa shape index (κ1) is 29.4. The minimum absolute atomic E-state index is 0.0995. The maximum Gasteiger partial charge on any atom is 0.459 e. The number of esters is 1. The van der Waals surface area contributed by atoms with Gasteiger partial charge in [0.15, 0.2) is 17.0 Å². The summed E-state index contributed by atoms with van der Waals surface area (Å²) in [5.41, 5.74) is 1.87. The fourth-order valence-corrected chi connectivity index (χ4v) is 6.63. The van der Waals surface area contributed by atoms with E-state index in [2.05, 4.69) is 15.2 Å². The molecule has 13 nitrogen and oxygen atoms in total. The van der Waals surface area contributed by atoms with E-state index in [1.807, 2.05) is 20.8 Å². The highest BCUT2D eigenvalue weighted by Gasteiger charge is 2.89. The molecule has 1 aromatic carbocycles. The maximum absolute atomic E-state index is 14.6. The molecule has 0 spiro atoms. The minimum Gasteiger partial charge on any atom is -0.464 e. The van der Waals surface area contributed by atoms with Crippen LogP contribution in [-0.4, -0.2) is 73.5 Å². The topological polar surface area (TPSA) is 180 Å². The molecule has 5 N–H and O–H groups in total. The lowest BCUT2D eigenvalue weighted by Crippen LogP contribution is -2.39. The molecule has 2 fully saturated rings. The van der Waals surface area contributed by atoms with Crippen molar-refractivity contribution < 1.29 is 42.5 Å². The van der Waals surface area contributed by atoms with Gasteiger partial charge in [-0.1, -0.05) is 39.0 Å². The SMILES string of the molecule is C[C@H](N[P@](=O)(Oc1ccccc1)OC1[C@@]2(CF)O[C@@H](c3ccc4c(N)ncnn34)[C@H](O)[C@@]12O)C(=O)OCC(C)(C)C. The number of carbonyl (C=O) groups excluding carboxylic acids is 1. The number of nitrogens with one attached hydrogen (secondary N) is 1. The average molecular weight is 594 g/mol. The molecule has 15 heteroatoms. The smallest absolute Gasteiger partial charge is 0.459 e. The molecule has 1 saturated carbocycles. The van der Waals surface area contributed by atoms with E-state index in [1.165, 1.54) is 29.9 Å². The second-order valence-electron chi connectivity index (χ2n) is 11.4. The third kappa shape index (κ3) is 5.09. The van der Waals surface area contributed by atoms with Crippen molar-refractivity contribution in [2.75, 3.05) is 19.0 Å². The van der Waals surface area contributed by atoms with Crippen LogP contribution in [0.2, 0.25) is 0 Å². The summed E-state index contributed by atoms with van der Waals surface area (Å²) in [6.07, 6.45) is -3.38. The van der Waals surface area contributed by atoms with Crippen LogP contribution in [0.3, 0.4) is 0 Å². The number of hydrogen-bond donors (Lipinski definition) is 4. The van der Waals surface area contributed by atoms with Crippen LogP contribution in [0.1, 0.15) is 39.5 Å². The number of alkyl halides is 1. The van der Waals surface area contributed by atoms with Gasteiger partial charge in [-0.25, -0.2) is 18.5 Å². The summed E-state index contributed by atoms with van der Waals surface area (Å²) >= 11 is 0. The second-order valence-corrected chi connectivity index (χ2v) is 13.1. The Labute approximate surface area is 235 Å². The van der Waals surface area contributed by atoms with Crippen LogP contribution in [0.4, 0.5) is 10.2 Å². The molecule has 7 atom stereocenters. The summed E-state index contributed by atoms with van der Waals surface area (Å²) in [4.78, 5) is 16.6. The molecular formula is C26H33FN5O8P. The first-order chi connectivity index (χ1) is 19.2. The Bertz CT molecular complexity index is 1480. The molecule has 1 unspecified atom stereocenters. The average Bonchev–Trinajstić information content (AvgIpc) is 3.17. The number of nitrogen functional groups attached to an aromatic ring is 1. The molecule has 2 aromatic heterocycles. The lowest BCUT2D eigenvalue weighted by Gasteiger charge is -2.27. The van der Waals surface area contributed by atoms with Gasteiger partial charge in [-0.15, -0.1) is 0 Å². The van der Waals surface area contributed by atoms with Crippen molar-refractivity contribution in [2.45, 2.75) is 63.3 Å². The summed E-state index contributed by atoms with van der Waals surface area (Å²) in [5.74, 6) is -0.445. The molecule has 2 aliphatic rings. The summed E-state index contributed by atoms with van der Waals surface area (Å²) in [6.45, 7) is 5.84. The number of halogens is 1. The number of aliphatic hydroxyl groups excluding tert-OH is 1. The number of nitrogens with zero attached hydrogens (tertiary/aromatic N) is 3. The molecule has 0 amide bonds. The van der Waals surface area contributed by atoms with E-state index >= 15 is 0 Å². The molecule has 1 saturated heterocycles. The largest absolute Gasteiger partial charge is 0.464 e. The molecule has 1 aliphatic carbocycles. The van der Waals surface area contributed by atoms with Crippen molar-refractivity contribution in [1.82, 2.24) is 19.7 Å². The van der Waals surface area contributed by atoms with Crippen molar-refractivity contribution in [2.24, 2.45) is 5.41 Å². The number of para-hydroxylation sites is 1. The molecule has 3 aromatic rings. The number of ether oxygens (including phenoxy) is 2. The number of rotatable bonds is 10. The van der Waals surface area contributed by atoms with Crippen LogP contribution in [0.15, 0.2) is 48.8 Å². The highest BCUT2D eigenvalue weighted by Crippen LogP contribution is 2.68. The van der Waals surface area contributed by atoms with Crippen molar-refractivity contribution in [3.63, 3.8) is 0 Å². The summed E-state index contributed by atoms with van der Waals surface area (Å²) < 4.78 is 52.6. The van der Waals surface area contributed by atoms with Gasteiger partial charge in [0.05, 0.1) is 12.3 Å². The normalized spacial score (nSPS) is 29.5. The third-order valence-electron chi connectivity index (χ3n) is 7.06. The summed E-state index contributed by atoms with van der Waals surface area (Å²) in [6, 6.07) is 9.92. The Kier molecular flexibility index (Phi) is 7.38. The summed E-state index contributed by atoms with van der Waals surface area (Å²) in [7, 11) is -4.52. The lowest BCUT2D eigenvalue weighted by molar-refractivity contribution is -0.148. The number of carbonyl (C=O) groups is 1. The number of aliphatic hydroxyl groups is 2. The van der Waals surface area contributed by atoms with Gasteiger partial charge in [0.25, 0.3) is 0 Å². The Hall–Kier alpha value is -3.13. The predicted molar refractivity (Wildman–Crippen MR) is 143 cm³/mol. The van der Waals surface area contributed by atoms with E-state index < -0.39 is 55.9 Å². The zero-order valence-corrected chi connectivity index (χ0v) is 23.8. The zero-order valence-electron chi connectivity index (χ0n) is 22.9. The van der Waals surface area contributed by atoms with Crippen LogP contribution in [0.25, 0.3) is 5.52 Å². The van der Waals surface area contributed by atoms with Gasteiger partial charge < -0.3 is 29.9 Å². The molecule has 0 radical (unpaired) electrons. The van der Waals surface area contributed by atoms with E-state index in [9.17, 15) is 24.0 Å². The molecule has 5 rings (SSSR count). The van der Waals surface area contributed by atoms with Crippen molar-refractivity contribution in [3.05, 3.63) is 54.5 Å². The highest BCUT2D eigenvalue weighted by molar-refractivity contribution is 7.52. The quantitative estimate of drug-likeness (QED) is 0.199. The standard InChI is InChI=1S/C26H33FN5O8P/c1-15(22(34)37-13-24(2,3)4)31-41(36,39-16-8-6-5-7-9-16)40-23-25(12-27)26(23,35)20(33)19(38-25)17-10-11-18-21(28)29-14-30-32(17)18/h5-11,14-15,19-20,23,33,35H,12-13H2,1-4H3,(H,31,36)(H2,28,29,30)/t15-,19-,20-,23?,25+,26+,41-/m0/s1. The van der Waals surface area contributed by atoms with Crippen LogP contribution >= 0.6 is 7.75 Å². The fourth-order valence-electron chi connectivity index (χ4n) is 4.89. The Morgan fingerprint density at radius 3 is 2.63 bits per heavy atom. The Morgan fingerprint density at radius 1 is 1.29 bits per heavy atom. The first-order valence-corrected chi connectivity index (χ1v) is 14.5. The fraction of sp³-hybridized carbons (Fsp3) is 0.500. The Balaban J connectivity index is 1.40. The van der Waals surface area contributed by atoms with Crippen LogP contribution < -0.4 is 15.3 Å². The van der Waals surface area contributed by atoms with Gasteiger partial charge in [-0.2, -0.15) is 10.2 Å². The number of nitrogens with two attached hydrogens (primary N) is 1. The van der Waals surface area contributed by atoms with Gasteiger partial charge in [-0.3, -0.25) is 9.32 Å². The van der Waals surface area contributed by atoms with Crippen LogP contribution in [0, 0.1) is 5.41 Å². The molecular weight excluding hydrogens is 560 g/mol. The number of hydrogen-bond acceptors (Lipinski definition) is 11. The molecule has 41 heavy (non-hydrogen) atoms. The van der Waals surface area contributed by atoms with Gasteiger partial charge in [-0.05, 0) is 36.6 Å². The minimum atomic E-state index is -4.52. The van der Waals surface area contributed by atoms with Gasteiger partial charge in [0.2, 0.25) is 0 Å². The van der Waals surface area contributed by atoms with Gasteiger partial charge >= 0.3 is 13.7 Å². The zero-order chi connectivity index (χ0) is 29.8. The highest BCUT2D eigenvalue weighted by atomic mass is 31.2. The van der Waals surface area contributed by atoms with E-state index in [0.29, 0.717) is 5.52 Å². The maximum atomic E-state index is 14.6. The van der Waals surface area contributed by atoms with E-state index in [0.717, 1.165) is 0 Å². The molecule has 1 aliphatic heterocycles. The lowest BCUT2D eigenvalue weighted by atomic mass is 9.99. The van der Waals surface area contributed by atoms with E-state index in [1.54, 1.807) is 30.3 Å². The number of aromatic nitrogens is 3. The van der Waals surface area contributed by atoms with E-state index in [4.69, 9.17) is 24.3 Å². The van der Waals surface area contributed by atoms with Crippen molar-refractivity contribution in [3.8, 4) is 5.75 Å². The number of anilines is 1. The number of benzene rings is 1. The second kappa shape index (κ2) is 10.3. The van der Waals surface area contributed by atoms with Crippen LogP contribution in [0.5, 0.6) is 5.75 Å². The molecule has 3 heterocycles.